The van der Waals surface area contributed by atoms with Crippen molar-refractivity contribution in [2.45, 2.75) is 26.2 Å². The summed E-state index contributed by atoms with van der Waals surface area (Å²) in [6.45, 7) is 4.30. The van der Waals surface area contributed by atoms with Crippen molar-refractivity contribution in [3.63, 3.8) is 0 Å². The van der Waals surface area contributed by atoms with Gasteiger partial charge in [-0.25, -0.2) is 0 Å². The fourth-order valence-electron chi connectivity index (χ4n) is 2.61. The van der Waals surface area contributed by atoms with Crippen molar-refractivity contribution in [3.8, 4) is 5.75 Å². The Morgan fingerprint density at radius 2 is 1.52 bits per heavy atom. The second-order valence-corrected chi connectivity index (χ2v) is 5.63. The molecule has 0 radical (unpaired) electrons. The molecule has 0 saturated heterocycles. The molecule has 0 aromatic heterocycles. The zero-order chi connectivity index (χ0) is 14.9. The van der Waals surface area contributed by atoms with Gasteiger partial charge in [0.25, 0.3) is 0 Å². The molecule has 0 fully saturated rings. The third kappa shape index (κ3) is 5.60. The Bertz CT molecular complexity index is 507. The number of benzene rings is 2. The largest absolute Gasteiger partial charge is 0.508 e. The van der Waals surface area contributed by atoms with E-state index in [0.717, 1.165) is 32.4 Å². The second-order valence-electron chi connectivity index (χ2n) is 5.63. The van der Waals surface area contributed by atoms with Gasteiger partial charge in [0.2, 0.25) is 0 Å². The molecule has 0 spiro atoms. The van der Waals surface area contributed by atoms with Crippen molar-refractivity contribution in [1.29, 1.82) is 0 Å². The molecule has 0 bridgehead atoms. The molecule has 0 aliphatic heterocycles. The highest BCUT2D eigenvalue weighted by atomic mass is 16.3. The van der Waals surface area contributed by atoms with Gasteiger partial charge in [0.15, 0.2) is 0 Å². The van der Waals surface area contributed by atoms with Gasteiger partial charge in [-0.05, 0) is 61.5 Å². The maximum Gasteiger partial charge on any atom is 0.115 e. The lowest BCUT2D eigenvalue weighted by molar-refractivity contribution is 0.466. The summed E-state index contributed by atoms with van der Waals surface area (Å²) >= 11 is 0. The average molecular weight is 283 g/mol. The molecule has 0 amide bonds. The standard InChI is InChI=1S/C19H25NO/c1-2-12-20-15-18(13-16-6-4-3-5-7-16)14-17-8-10-19(21)11-9-17/h3-11,18,20-21H,2,12-15H2,1H3. The SMILES string of the molecule is CCCNCC(Cc1ccccc1)Cc1ccc(O)cc1. The average Bonchev–Trinajstić information content (AvgIpc) is 2.51. The predicted octanol–water partition coefficient (Wildman–Crippen LogP) is 3.79. The molecule has 0 aliphatic carbocycles. The van der Waals surface area contributed by atoms with Crippen LogP contribution < -0.4 is 5.32 Å². The van der Waals surface area contributed by atoms with Crippen LogP contribution in [-0.4, -0.2) is 18.2 Å². The Morgan fingerprint density at radius 3 is 2.14 bits per heavy atom. The molecule has 0 aliphatic rings. The first kappa shape index (κ1) is 15.6. The van der Waals surface area contributed by atoms with Crippen molar-refractivity contribution in [2.24, 2.45) is 5.92 Å². The van der Waals surface area contributed by atoms with Crippen LogP contribution in [-0.2, 0) is 12.8 Å². The first-order chi connectivity index (χ1) is 10.3. The minimum Gasteiger partial charge on any atom is -0.508 e. The topological polar surface area (TPSA) is 32.3 Å². The van der Waals surface area contributed by atoms with Gasteiger partial charge in [-0.1, -0.05) is 49.4 Å². The van der Waals surface area contributed by atoms with E-state index in [9.17, 15) is 5.11 Å². The molecule has 2 N–H and O–H groups in total. The summed E-state index contributed by atoms with van der Waals surface area (Å²) in [5.74, 6) is 0.908. The highest BCUT2D eigenvalue weighted by molar-refractivity contribution is 5.26. The van der Waals surface area contributed by atoms with Crippen molar-refractivity contribution in [1.82, 2.24) is 5.32 Å². The molecular weight excluding hydrogens is 258 g/mol. The first-order valence-electron chi connectivity index (χ1n) is 7.80. The number of hydrogen-bond acceptors (Lipinski definition) is 2. The highest BCUT2D eigenvalue weighted by Crippen LogP contribution is 2.17. The van der Waals surface area contributed by atoms with Crippen LogP contribution in [0.25, 0.3) is 0 Å². The van der Waals surface area contributed by atoms with E-state index in [1.807, 2.05) is 12.1 Å². The van der Waals surface area contributed by atoms with Gasteiger partial charge in [0.1, 0.15) is 5.75 Å². The number of aromatic hydroxyl groups is 1. The fourth-order valence-corrected chi connectivity index (χ4v) is 2.61. The van der Waals surface area contributed by atoms with E-state index in [1.54, 1.807) is 12.1 Å². The fraction of sp³-hybridized carbons (Fsp3) is 0.368. The van der Waals surface area contributed by atoms with Crippen LogP contribution in [0.5, 0.6) is 5.75 Å². The van der Waals surface area contributed by atoms with Crippen LogP contribution in [0.3, 0.4) is 0 Å². The van der Waals surface area contributed by atoms with Crippen LogP contribution in [0, 0.1) is 5.92 Å². The maximum absolute atomic E-state index is 9.39. The van der Waals surface area contributed by atoms with Crippen LogP contribution in [0.15, 0.2) is 54.6 Å². The first-order valence-corrected chi connectivity index (χ1v) is 7.80. The third-order valence-corrected chi connectivity index (χ3v) is 3.69. The molecule has 2 nitrogen and oxygen atoms in total. The van der Waals surface area contributed by atoms with Gasteiger partial charge in [0.05, 0.1) is 0 Å². The molecule has 2 rings (SSSR count). The van der Waals surface area contributed by atoms with E-state index in [-0.39, 0.29) is 0 Å². The van der Waals surface area contributed by atoms with E-state index < -0.39 is 0 Å². The summed E-state index contributed by atoms with van der Waals surface area (Å²) in [6, 6.07) is 18.3. The molecule has 1 unspecified atom stereocenters. The summed E-state index contributed by atoms with van der Waals surface area (Å²) < 4.78 is 0. The molecule has 2 heteroatoms. The molecule has 112 valence electrons. The van der Waals surface area contributed by atoms with Crippen LogP contribution in [0.2, 0.25) is 0 Å². The van der Waals surface area contributed by atoms with E-state index in [1.165, 1.54) is 11.1 Å². The van der Waals surface area contributed by atoms with Crippen molar-refractivity contribution >= 4 is 0 Å². The number of phenols is 1. The Kier molecular flexibility index (Phi) is 6.29. The van der Waals surface area contributed by atoms with Gasteiger partial charge in [-0.3, -0.25) is 0 Å². The van der Waals surface area contributed by atoms with Gasteiger partial charge in [-0.15, -0.1) is 0 Å². The van der Waals surface area contributed by atoms with Gasteiger partial charge < -0.3 is 10.4 Å². The third-order valence-electron chi connectivity index (χ3n) is 3.69. The number of hydrogen-bond donors (Lipinski definition) is 2. The lowest BCUT2D eigenvalue weighted by Crippen LogP contribution is -2.26. The van der Waals surface area contributed by atoms with Crippen LogP contribution in [0.4, 0.5) is 0 Å². The Balaban J connectivity index is 1.99. The second kappa shape index (κ2) is 8.48. The summed E-state index contributed by atoms with van der Waals surface area (Å²) in [6.07, 6.45) is 3.28. The van der Waals surface area contributed by atoms with Gasteiger partial charge >= 0.3 is 0 Å². The minimum absolute atomic E-state index is 0.336. The quantitative estimate of drug-likeness (QED) is 0.722. The van der Waals surface area contributed by atoms with E-state index in [4.69, 9.17) is 0 Å². The number of nitrogens with one attached hydrogen (secondary N) is 1. The smallest absolute Gasteiger partial charge is 0.115 e. The van der Waals surface area contributed by atoms with Crippen LogP contribution in [0.1, 0.15) is 24.5 Å². The number of rotatable bonds is 8. The molecule has 0 saturated carbocycles. The lowest BCUT2D eigenvalue weighted by Gasteiger charge is -2.18. The van der Waals surface area contributed by atoms with E-state index >= 15 is 0 Å². The van der Waals surface area contributed by atoms with Crippen LogP contribution >= 0.6 is 0 Å². The Hall–Kier alpha value is -1.80. The molecule has 0 heterocycles. The van der Waals surface area contributed by atoms with Gasteiger partial charge in [-0.2, -0.15) is 0 Å². The molecule has 2 aromatic rings. The van der Waals surface area contributed by atoms with E-state index in [2.05, 4.69) is 42.6 Å². The lowest BCUT2D eigenvalue weighted by atomic mass is 9.92. The highest BCUT2D eigenvalue weighted by Gasteiger charge is 2.10. The summed E-state index contributed by atoms with van der Waals surface area (Å²) in [7, 11) is 0. The molecule has 21 heavy (non-hydrogen) atoms. The molecule has 1 atom stereocenters. The van der Waals surface area contributed by atoms with Crippen molar-refractivity contribution in [2.75, 3.05) is 13.1 Å². The summed E-state index contributed by atoms with van der Waals surface area (Å²) in [5, 5.41) is 12.9. The predicted molar refractivity (Wildman–Crippen MR) is 88.6 cm³/mol. The Morgan fingerprint density at radius 1 is 0.905 bits per heavy atom. The number of phenolic OH excluding ortho intramolecular Hbond substituents is 1. The monoisotopic (exact) mass is 283 g/mol. The summed E-state index contributed by atoms with van der Waals surface area (Å²) in [4.78, 5) is 0. The van der Waals surface area contributed by atoms with E-state index in [0.29, 0.717) is 11.7 Å². The van der Waals surface area contributed by atoms with Crippen molar-refractivity contribution in [3.05, 3.63) is 65.7 Å². The molecule has 2 aromatic carbocycles. The molecular formula is C19H25NO. The maximum atomic E-state index is 9.39. The normalized spacial score (nSPS) is 12.2. The minimum atomic E-state index is 0.336. The zero-order valence-corrected chi connectivity index (χ0v) is 12.8. The zero-order valence-electron chi connectivity index (χ0n) is 12.8. The summed E-state index contributed by atoms with van der Waals surface area (Å²) in [5.41, 5.74) is 2.67. The van der Waals surface area contributed by atoms with Gasteiger partial charge in [0, 0.05) is 0 Å². The van der Waals surface area contributed by atoms with Crippen molar-refractivity contribution < 1.29 is 5.11 Å². The Labute approximate surface area is 127 Å².